The molecule has 0 bridgehead atoms. The molecule has 0 aromatic heterocycles. The summed E-state index contributed by atoms with van der Waals surface area (Å²) in [7, 11) is -0.949. The first-order valence-electron chi connectivity index (χ1n) is 4.33. The van der Waals surface area contributed by atoms with E-state index in [1.165, 1.54) is 6.07 Å². The van der Waals surface area contributed by atoms with Gasteiger partial charge in [0.1, 0.15) is 5.82 Å². The van der Waals surface area contributed by atoms with Crippen LogP contribution in [-0.4, -0.2) is 12.1 Å². The Balaban J connectivity index is 2.50. The van der Waals surface area contributed by atoms with E-state index in [1.807, 2.05) is 6.92 Å². The highest BCUT2D eigenvalue weighted by atomic mass is 19.1. The Kier molecular flexibility index (Phi) is 2.10. The number of aryl methyl sites for hydroxylation is 1. The largest absolute Gasteiger partial charge is 0.491 e. The third-order valence-electron chi connectivity index (χ3n) is 2.35. The van der Waals surface area contributed by atoms with Crippen LogP contribution in [0, 0.1) is 5.82 Å². The summed E-state index contributed by atoms with van der Waals surface area (Å²) < 4.78 is 18.2. The Bertz CT molecular complexity index is 341. The normalized spacial score (nSPS) is 14.8. The number of fused-ring (bicyclic) bond motifs is 1. The zero-order chi connectivity index (χ0) is 9.42. The molecule has 1 heterocycles. The molecule has 0 saturated heterocycles. The summed E-state index contributed by atoms with van der Waals surface area (Å²) in [5, 5.41) is 9.28. The summed E-state index contributed by atoms with van der Waals surface area (Å²) in [5.74, 6) is -0.259. The molecule has 0 atom stereocenters. The highest BCUT2D eigenvalue weighted by Crippen LogP contribution is 2.15. The molecular formula is C9H10BFO2. The van der Waals surface area contributed by atoms with E-state index in [0.717, 1.165) is 5.56 Å². The van der Waals surface area contributed by atoms with Gasteiger partial charge < -0.3 is 9.68 Å². The molecule has 0 radical (unpaired) electrons. The average molecular weight is 180 g/mol. The van der Waals surface area contributed by atoms with Gasteiger partial charge in [-0.3, -0.25) is 0 Å². The van der Waals surface area contributed by atoms with E-state index in [-0.39, 0.29) is 5.82 Å². The van der Waals surface area contributed by atoms with Crippen LogP contribution in [0.25, 0.3) is 0 Å². The molecule has 0 amide bonds. The minimum atomic E-state index is -0.949. The third-order valence-corrected chi connectivity index (χ3v) is 2.35. The van der Waals surface area contributed by atoms with Crippen molar-refractivity contribution in [3.8, 4) is 0 Å². The van der Waals surface area contributed by atoms with Crippen molar-refractivity contribution in [3.05, 3.63) is 29.1 Å². The SMILES string of the molecule is CCc1cc2c(cc1F)B(O)OC2. The summed E-state index contributed by atoms with van der Waals surface area (Å²) in [5.41, 5.74) is 2.14. The van der Waals surface area contributed by atoms with Crippen LogP contribution in [0.4, 0.5) is 4.39 Å². The maximum atomic E-state index is 13.3. The number of hydrogen-bond acceptors (Lipinski definition) is 2. The highest BCUT2D eigenvalue weighted by Gasteiger charge is 2.28. The van der Waals surface area contributed by atoms with Crippen LogP contribution >= 0.6 is 0 Å². The Morgan fingerprint density at radius 3 is 3.08 bits per heavy atom. The van der Waals surface area contributed by atoms with E-state index in [2.05, 4.69) is 0 Å². The highest BCUT2D eigenvalue weighted by molar-refractivity contribution is 6.61. The van der Waals surface area contributed by atoms with Gasteiger partial charge in [0.15, 0.2) is 0 Å². The van der Waals surface area contributed by atoms with Crippen LogP contribution in [0.3, 0.4) is 0 Å². The third kappa shape index (κ3) is 1.36. The molecule has 1 aromatic carbocycles. The van der Waals surface area contributed by atoms with E-state index < -0.39 is 7.12 Å². The Morgan fingerprint density at radius 1 is 1.62 bits per heavy atom. The van der Waals surface area contributed by atoms with Gasteiger partial charge in [-0.05, 0) is 29.1 Å². The first-order chi connectivity index (χ1) is 6.22. The van der Waals surface area contributed by atoms with E-state index in [0.29, 0.717) is 24.1 Å². The van der Waals surface area contributed by atoms with Crippen molar-refractivity contribution in [2.24, 2.45) is 0 Å². The predicted molar refractivity (Wildman–Crippen MR) is 48.2 cm³/mol. The summed E-state index contributed by atoms with van der Waals surface area (Å²) in [6, 6.07) is 3.13. The lowest BCUT2D eigenvalue weighted by Crippen LogP contribution is -2.28. The fourth-order valence-corrected chi connectivity index (χ4v) is 1.57. The second-order valence-electron chi connectivity index (χ2n) is 3.16. The average Bonchev–Trinajstić information content (AvgIpc) is 2.47. The van der Waals surface area contributed by atoms with Gasteiger partial charge in [-0.2, -0.15) is 0 Å². The lowest BCUT2D eigenvalue weighted by molar-refractivity contribution is 0.275. The van der Waals surface area contributed by atoms with Gasteiger partial charge in [-0.1, -0.05) is 13.0 Å². The molecular weight excluding hydrogens is 170 g/mol. The molecule has 4 heteroatoms. The Morgan fingerprint density at radius 2 is 2.38 bits per heavy atom. The van der Waals surface area contributed by atoms with E-state index in [1.54, 1.807) is 6.07 Å². The van der Waals surface area contributed by atoms with Crippen molar-refractivity contribution in [2.75, 3.05) is 0 Å². The molecule has 0 aliphatic carbocycles. The van der Waals surface area contributed by atoms with Crippen LogP contribution in [0.5, 0.6) is 0 Å². The number of benzene rings is 1. The van der Waals surface area contributed by atoms with Gasteiger partial charge in [0.25, 0.3) is 0 Å². The summed E-state index contributed by atoms with van der Waals surface area (Å²) >= 11 is 0. The molecule has 0 saturated carbocycles. The van der Waals surface area contributed by atoms with Crippen molar-refractivity contribution >= 4 is 12.6 Å². The molecule has 1 aromatic rings. The lowest BCUT2D eigenvalue weighted by Gasteiger charge is -2.03. The van der Waals surface area contributed by atoms with Gasteiger partial charge in [0.2, 0.25) is 0 Å². The van der Waals surface area contributed by atoms with Crippen molar-refractivity contribution < 1.29 is 14.1 Å². The molecule has 1 N–H and O–H groups in total. The second kappa shape index (κ2) is 3.12. The quantitative estimate of drug-likeness (QED) is 0.641. The summed E-state index contributed by atoms with van der Waals surface area (Å²) in [6.45, 7) is 2.28. The molecule has 2 rings (SSSR count). The van der Waals surface area contributed by atoms with Gasteiger partial charge in [0.05, 0.1) is 6.61 Å². The van der Waals surface area contributed by atoms with Gasteiger partial charge in [0, 0.05) is 0 Å². The number of rotatable bonds is 1. The zero-order valence-corrected chi connectivity index (χ0v) is 7.38. The standard InChI is InChI=1S/C9H10BFO2/c1-2-6-3-7-5-13-10(12)8(7)4-9(6)11/h3-4,12H,2,5H2,1H3. The van der Waals surface area contributed by atoms with Crippen LogP contribution < -0.4 is 5.46 Å². The van der Waals surface area contributed by atoms with Crippen molar-refractivity contribution in [3.63, 3.8) is 0 Å². The maximum absolute atomic E-state index is 13.3. The minimum absolute atomic E-state index is 0.259. The van der Waals surface area contributed by atoms with Crippen LogP contribution in [0.1, 0.15) is 18.1 Å². The predicted octanol–water partition coefficient (Wildman–Crippen LogP) is 0.606. The molecule has 1 aliphatic heterocycles. The smallest absolute Gasteiger partial charge is 0.423 e. The fourth-order valence-electron chi connectivity index (χ4n) is 1.57. The number of halogens is 1. The molecule has 68 valence electrons. The monoisotopic (exact) mass is 180 g/mol. The minimum Gasteiger partial charge on any atom is -0.423 e. The first kappa shape index (κ1) is 8.72. The molecule has 0 fully saturated rings. The lowest BCUT2D eigenvalue weighted by atomic mass is 9.79. The molecule has 2 nitrogen and oxygen atoms in total. The first-order valence-corrected chi connectivity index (χ1v) is 4.33. The molecule has 0 unspecified atom stereocenters. The topological polar surface area (TPSA) is 29.5 Å². The van der Waals surface area contributed by atoms with Crippen molar-refractivity contribution in [2.45, 2.75) is 20.0 Å². The summed E-state index contributed by atoms with van der Waals surface area (Å²) in [4.78, 5) is 0. The maximum Gasteiger partial charge on any atom is 0.491 e. The van der Waals surface area contributed by atoms with Crippen LogP contribution in [0.15, 0.2) is 12.1 Å². The van der Waals surface area contributed by atoms with E-state index >= 15 is 0 Å². The van der Waals surface area contributed by atoms with Gasteiger partial charge in [-0.25, -0.2) is 4.39 Å². The van der Waals surface area contributed by atoms with Gasteiger partial charge in [-0.15, -0.1) is 0 Å². The Hall–Kier alpha value is -0.865. The zero-order valence-electron chi connectivity index (χ0n) is 7.38. The van der Waals surface area contributed by atoms with Crippen LogP contribution in [-0.2, 0) is 17.7 Å². The summed E-state index contributed by atoms with van der Waals surface area (Å²) in [6.07, 6.45) is 0.662. The Labute approximate surface area is 76.5 Å². The van der Waals surface area contributed by atoms with E-state index in [9.17, 15) is 9.41 Å². The fraction of sp³-hybridized carbons (Fsp3) is 0.333. The van der Waals surface area contributed by atoms with Crippen molar-refractivity contribution in [1.82, 2.24) is 0 Å². The number of hydrogen-bond donors (Lipinski definition) is 1. The molecule has 13 heavy (non-hydrogen) atoms. The van der Waals surface area contributed by atoms with Crippen LogP contribution in [0.2, 0.25) is 0 Å². The van der Waals surface area contributed by atoms with Crippen molar-refractivity contribution in [1.29, 1.82) is 0 Å². The van der Waals surface area contributed by atoms with E-state index in [4.69, 9.17) is 4.65 Å². The second-order valence-corrected chi connectivity index (χ2v) is 3.16. The molecule has 0 spiro atoms. The van der Waals surface area contributed by atoms with Gasteiger partial charge >= 0.3 is 7.12 Å². The molecule has 1 aliphatic rings.